The van der Waals surface area contributed by atoms with Crippen molar-refractivity contribution in [3.8, 4) is 0 Å². The van der Waals surface area contributed by atoms with E-state index in [1.807, 2.05) is 13.1 Å². The minimum Gasteiger partial charge on any atom is -0.357 e. The zero-order valence-corrected chi connectivity index (χ0v) is 14.4. The molecular formula is C16H28N4S. The minimum atomic E-state index is 0.483. The second-order valence-corrected chi connectivity index (χ2v) is 7.27. The summed E-state index contributed by atoms with van der Waals surface area (Å²) in [6.07, 6.45) is 8.64. The third kappa shape index (κ3) is 4.70. The number of aromatic nitrogens is 1. The van der Waals surface area contributed by atoms with Crippen molar-refractivity contribution in [1.29, 1.82) is 0 Å². The Morgan fingerprint density at radius 2 is 2.10 bits per heavy atom. The van der Waals surface area contributed by atoms with E-state index in [2.05, 4.69) is 34.5 Å². The van der Waals surface area contributed by atoms with Crippen LogP contribution in [0.3, 0.4) is 0 Å². The molecule has 0 saturated heterocycles. The van der Waals surface area contributed by atoms with Gasteiger partial charge in [0.15, 0.2) is 5.96 Å². The molecule has 2 rings (SSSR count). The topological polar surface area (TPSA) is 49.3 Å². The molecule has 0 radical (unpaired) electrons. The van der Waals surface area contributed by atoms with Crippen molar-refractivity contribution in [1.82, 2.24) is 15.6 Å². The lowest BCUT2D eigenvalue weighted by Crippen LogP contribution is -2.42. The van der Waals surface area contributed by atoms with Crippen LogP contribution in [0.4, 0.5) is 0 Å². The summed E-state index contributed by atoms with van der Waals surface area (Å²) < 4.78 is 0. The Morgan fingerprint density at radius 1 is 1.33 bits per heavy atom. The SMILES string of the molecule is CCNC(=NCc1cnc(C)s1)NCC1(CC)CCCC1. The largest absolute Gasteiger partial charge is 0.357 e. The van der Waals surface area contributed by atoms with E-state index < -0.39 is 0 Å². The van der Waals surface area contributed by atoms with Gasteiger partial charge in [0, 0.05) is 24.2 Å². The minimum absolute atomic E-state index is 0.483. The van der Waals surface area contributed by atoms with Crippen LogP contribution >= 0.6 is 11.3 Å². The first-order valence-corrected chi connectivity index (χ1v) is 8.92. The van der Waals surface area contributed by atoms with E-state index in [1.165, 1.54) is 37.0 Å². The van der Waals surface area contributed by atoms with E-state index >= 15 is 0 Å². The molecule has 1 aliphatic carbocycles. The van der Waals surface area contributed by atoms with E-state index in [9.17, 15) is 0 Å². The summed E-state index contributed by atoms with van der Waals surface area (Å²) in [6.45, 7) is 9.10. The lowest BCUT2D eigenvalue weighted by Gasteiger charge is -2.28. The zero-order chi connectivity index (χ0) is 15.1. The first-order valence-electron chi connectivity index (χ1n) is 8.11. The van der Waals surface area contributed by atoms with Crippen molar-refractivity contribution in [3.05, 3.63) is 16.1 Å². The highest BCUT2D eigenvalue weighted by Crippen LogP contribution is 2.40. The number of nitrogens with zero attached hydrogens (tertiary/aromatic N) is 2. The number of nitrogens with one attached hydrogen (secondary N) is 2. The van der Waals surface area contributed by atoms with Crippen LogP contribution in [0.5, 0.6) is 0 Å². The average molecular weight is 308 g/mol. The number of thiazole rings is 1. The molecule has 0 amide bonds. The number of hydrogen-bond acceptors (Lipinski definition) is 3. The van der Waals surface area contributed by atoms with E-state index in [1.54, 1.807) is 11.3 Å². The molecule has 0 aliphatic heterocycles. The second kappa shape index (κ2) is 7.78. The van der Waals surface area contributed by atoms with Crippen LogP contribution < -0.4 is 10.6 Å². The van der Waals surface area contributed by atoms with Crippen molar-refractivity contribution < 1.29 is 0 Å². The molecule has 0 atom stereocenters. The number of hydrogen-bond donors (Lipinski definition) is 2. The van der Waals surface area contributed by atoms with Gasteiger partial charge in [-0.05, 0) is 38.5 Å². The van der Waals surface area contributed by atoms with Crippen molar-refractivity contribution in [3.63, 3.8) is 0 Å². The van der Waals surface area contributed by atoms with Gasteiger partial charge < -0.3 is 10.6 Å². The van der Waals surface area contributed by atoms with E-state index in [-0.39, 0.29) is 0 Å². The monoisotopic (exact) mass is 308 g/mol. The molecule has 118 valence electrons. The van der Waals surface area contributed by atoms with Crippen molar-refractivity contribution in [2.75, 3.05) is 13.1 Å². The summed E-state index contributed by atoms with van der Waals surface area (Å²) >= 11 is 1.72. The maximum atomic E-state index is 4.69. The fraction of sp³-hybridized carbons (Fsp3) is 0.750. The number of rotatable bonds is 6. The predicted molar refractivity (Wildman–Crippen MR) is 90.9 cm³/mol. The molecule has 5 heteroatoms. The molecule has 1 aromatic heterocycles. The maximum Gasteiger partial charge on any atom is 0.191 e. The van der Waals surface area contributed by atoms with E-state index in [4.69, 9.17) is 0 Å². The Balaban J connectivity index is 1.91. The Bertz CT molecular complexity index is 461. The van der Waals surface area contributed by atoms with E-state index in [0.717, 1.165) is 24.1 Å². The molecule has 2 N–H and O–H groups in total. The predicted octanol–water partition coefficient (Wildman–Crippen LogP) is 3.48. The summed E-state index contributed by atoms with van der Waals surface area (Å²) in [6, 6.07) is 0. The van der Waals surface area contributed by atoms with Crippen LogP contribution in [-0.2, 0) is 6.54 Å². The molecule has 1 aromatic rings. The first kappa shape index (κ1) is 16.3. The quantitative estimate of drug-likeness (QED) is 0.625. The van der Waals surface area contributed by atoms with Gasteiger partial charge in [0.25, 0.3) is 0 Å². The molecule has 0 aromatic carbocycles. The molecule has 21 heavy (non-hydrogen) atoms. The number of aryl methyl sites for hydroxylation is 1. The van der Waals surface area contributed by atoms with Gasteiger partial charge in [-0.2, -0.15) is 0 Å². The third-order valence-electron chi connectivity index (χ3n) is 4.45. The summed E-state index contributed by atoms with van der Waals surface area (Å²) in [5.41, 5.74) is 0.483. The van der Waals surface area contributed by atoms with Crippen LogP contribution in [0.2, 0.25) is 0 Å². The molecule has 0 spiro atoms. The highest BCUT2D eigenvalue weighted by atomic mass is 32.1. The van der Waals surface area contributed by atoms with Gasteiger partial charge in [0.1, 0.15) is 0 Å². The summed E-state index contributed by atoms with van der Waals surface area (Å²) in [4.78, 5) is 10.2. The van der Waals surface area contributed by atoms with Crippen LogP contribution in [0.1, 0.15) is 55.8 Å². The van der Waals surface area contributed by atoms with Crippen molar-refractivity contribution >= 4 is 17.3 Å². The van der Waals surface area contributed by atoms with Gasteiger partial charge in [0.05, 0.1) is 11.6 Å². The number of guanidine groups is 1. The normalized spacial score (nSPS) is 18.0. The summed E-state index contributed by atoms with van der Waals surface area (Å²) in [5.74, 6) is 0.934. The van der Waals surface area contributed by atoms with Crippen molar-refractivity contribution in [2.24, 2.45) is 10.4 Å². The Morgan fingerprint density at radius 3 is 2.67 bits per heavy atom. The van der Waals surface area contributed by atoms with Gasteiger partial charge in [-0.3, -0.25) is 0 Å². The second-order valence-electron chi connectivity index (χ2n) is 5.95. The van der Waals surface area contributed by atoms with Crippen LogP contribution in [0.15, 0.2) is 11.2 Å². The zero-order valence-electron chi connectivity index (χ0n) is 13.5. The Hall–Kier alpha value is -1.10. The standard InChI is InChI=1S/C16H28N4S/c1-4-16(8-6-7-9-16)12-20-15(17-5-2)19-11-14-10-18-13(3)21-14/h10H,4-9,11-12H2,1-3H3,(H2,17,19,20). The summed E-state index contributed by atoms with van der Waals surface area (Å²) in [5, 5.41) is 8.01. The molecule has 4 nitrogen and oxygen atoms in total. The highest BCUT2D eigenvalue weighted by Gasteiger charge is 2.31. The fourth-order valence-electron chi connectivity index (χ4n) is 3.03. The lowest BCUT2D eigenvalue weighted by atomic mass is 9.83. The van der Waals surface area contributed by atoms with Crippen molar-refractivity contribution in [2.45, 2.75) is 59.4 Å². The smallest absolute Gasteiger partial charge is 0.191 e. The Labute approximate surface area is 132 Å². The molecule has 1 heterocycles. The van der Waals surface area contributed by atoms with Gasteiger partial charge in [-0.1, -0.05) is 19.8 Å². The first-order chi connectivity index (χ1) is 10.2. The molecule has 0 unspecified atom stereocenters. The maximum absolute atomic E-state index is 4.69. The van der Waals surface area contributed by atoms with Crippen LogP contribution in [-0.4, -0.2) is 24.0 Å². The average Bonchev–Trinajstić information content (AvgIpc) is 3.12. The molecule has 1 aliphatic rings. The van der Waals surface area contributed by atoms with Gasteiger partial charge in [-0.15, -0.1) is 11.3 Å². The lowest BCUT2D eigenvalue weighted by molar-refractivity contribution is 0.283. The van der Waals surface area contributed by atoms with Gasteiger partial charge in [0.2, 0.25) is 0 Å². The van der Waals surface area contributed by atoms with Gasteiger partial charge in [-0.25, -0.2) is 9.98 Å². The highest BCUT2D eigenvalue weighted by molar-refractivity contribution is 7.11. The van der Waals surface area contributed by atoms with Crippen LogP contribution in [0.25, 0.3) is 0 Å². The molecule has 1 fully saturated rings. The Kier molecular flexibility index (Phi) is 6.03. The van der Waals surface area contributed by atoms with Gasteiger partial charge >= 0.3 is 0 Å². The third-order valence-corrected chi connectivity index (χ3v) is 5.35. The fourth-order valence-corrected chi connectivity index (χ4v) is 3.75. The molecule has 0 bridgehead atoms. The molecule has 1 saturated carbocycles. The number of aliphatic imine (C=N–C) groups is 1. The molecular weight excluding hydrogens is 280 g/mol. The van der Waals surface area contributed by atoms with Crippen LogP contribution in [0, 0.1) is 12.3 Å². The summed E-state index contributed by atoms with van der Waals surface area (Å²) in [7, 11) is 0. The van der Waals surface area contributed by atoms with E-state index in [0.29, 0.717) is 12.0 Å².